The molecule has 0 radical (unpaired) electrons. The van der Waals surface area contributed by atoms with Crippen molar-refractivity contribution in [2.24, 2.45) is 0 Å². The van der Waals surface area contributed by atoms with Gasteiger partial charge in [-0.25, -0.2) is 4.79 Å². The minimum absolute atomic E-state index is 0.0135. The van der Waals surface area contributed by atoms with E-state index in [1.54, 1.807) is 6.08 Å². The summed E-state index contributed by atoms with van der Waals surface area (Å²) in [4.78, 5) is 76.0. The first-order valence-electron chi connectivity index (χ1n) is 17.7. The lowest BCUT2D eigenvalue weighted by Gasteiger charge is -2.17. The Hall–Kier alpha value is -8.65. The third-order valence-corrected chi connectivity index (χ3v) is 8.62. The number of nitrogens with one attached hydrogen (secondary N) is 5. The van der Waals surface area contributed by atoms with Gasteiger partial charge in [-0.05, 0) is 84.4 Å². The molecule has 0 unspecified atom stereocenters. The minimum Gasteiger partial charge on any atom is -0.504 e. The van der Waals surface area contributed by atoms with Crippen molar-refractivity contribution in [3.8, 4) is 29.1 Å². The fraction of sp³-hybridized carbons (Fsp3) is 0.0930. The predicted octanol–water partition coefficient (Wildman–Crippen LogP) is 5.62. The molecule has 5 rings (SSSR count). The number of aromatic carboxylic acids is 1. The van der Waals surface area contributed by atoms with Gasteiger partial charge in [0.05, 0.1) is 43.6 Å². The third kappa shape index (κ3) is 10.4. The summed E-state index contributed by atoms with van der Waals surface area (Å²) in [6.07, 6.45) is 2.68. The number of phenols is 2. The maximum absolute atomic E-state index is 13.2. The standard InChI is InChI=1S/C43H36N6O11/c1-59-37-31(19-17-29(35(37)51)41(55)48-32-20-18-30(43(57)58)36(52)38(32)60-2)47-39(53)25-11-15-28(16-12-25)46-42(56)33(22-23-44)49-40(54)26-9-13-27(14-10-26)45-34(50)21-8-24-6-4-3-5-7-24/h3-21,33,51-52H,22H2,1-2H3,(H,45,50)(H,46,56)(H,47,53)(H,48,55)(H,49,54)(H,57,58)/b21-8+/t33-/m0/s1. The zero-order chi connectivity index (χ0) is 43.3. The number of benzene rings is 5. The Kier molecular flexibility index (Phi) is 13.8. The molecule has 17 nitrogen and oxygen atoms in total. The van der Waals surface area contributed by atoms with E-state index in [1.165, 1.54) is 79.9 Å². The van der Waals surface area contributed by atoms with E-state index >= 15 is 0 Å². The summed E-state index contributed by atoms with van der Waals surface area (Å²) in [5.41, 5.74) is 0.943. The SMILES string of the molecule is COc1c(NC(=O)c2ccc(NC(=O)c3ccc(NC(=O)[C@H](CC#N)NC(=O)c4ccc(NC(=O)/C=C/c5ccccc5)cc4)cc3)c(OC)c2O)ccc(C(=O)O)c1O. The molecular formula is C43H36N6O11. The number of amides is 5. The number of nitrogens with zero attached hydrogens (tertiary/aromatic N) is 1. The lowest BCUT2D eigenvalue weighted by molar-refractivity contribution is -0.118. The summed E-state index contributed by atoms with van der Waals surface area (Å²) in [6.45, 7) is 0. The van der Waals surface area contributed by atoms with Crippen molar-refractivity contribution >= 4 is 64.3 Å². The number of nitriles is 1. The van der Waals surface area contributed by atoms with Crippen LogP contribution in [-0.2, 0) is 9.59 Å². The van der Waals surface area contributed by atoms with E-state index in [-0.39, 0.29) is 57.6 Å². The molecule has 17 heteroatoms. The molecule has 0 aliphatic heterocycles. The number of methoxy groups -OCH3 is 2. The van der Waals surface area contributed by atoms with Gasteiger partial charge in [-0.2, -0.15) is 5.26 Å². The van der Waals surface area contributed by atoms with E-state index in [2.05, 4.69) is 26.6 Å². The number of anilines is 4. The average molecular weight is 813 g/mol. The highest BCUT2D eigenvalue weighted by Gasteiger charge is 2.25. The molecular weight excluding hydrogens is 777 g/mol. The fourth-order valence-corrected chi connectivity index (χ4v) is 5.59. The van der Waals surface area contributed by atoms with E-state index in [9.17, 15) is 49.3 Å². The van der Waals surface area contributed by atoms with Crippen LogP contribution in [0.15, 0.2) is 109 Å². The zero-order valence-electron chi connectivity index (χ0n) is 31.8. The maximum atomic E-state index is 13.2. The van der Waals surface area contributed by atoms with Gasteiger partial charge >= 0.3 is 5.97 Å². The minimum atomic E-state index is -1.42. The fourth-order valence-electron chi connectivity index (χ4n) is 5.59. The highest BCUT2D eigenvalue weighted by atomic mass is 16.5. The van der Waals surface area contributed by atoms with Gasteiger partial charge in [0.25, 0.3) is 17.7 Å². The Morgan fingerprint density at radius 2 is 1.17 bits per heavy atom. The molecule has 5 aromatic carbocycles. The molecule has 5 aromatic rings. The lowest BCUT2D eigenvalue weighted by atomic mass is 10.1. The van der Waals surface area contributed by atoms with E-state index < -0.39 is 52.7 Å². The third-order valence-electron chi connectivity index (χ3n) is 8.62. The van der Waals surface area contributed by atoms with Crippen LogP contribution in [0.5, 0.6) is 23.0 Å². The van der Waals surface area contributed by atoms with Crippen molar-refractivity contribution in [3.63, 3.8) is 0 Å². The van der Waals surface area contributed by atoms with Crippen LogP contribution in [0.3, 0.4) is 0 Å². The van der Waals surface area contributed by atoms with Crippen LogP contribution in [0.25, 0.3) is 6.08 Å². The summed E-state index contributed by atoms with van der Waals surface area (Å²) in [5.74, 6) is -6.64. The van der Waals surface area contributed by atoms with Crippen LogP contribution in [0.4, 0.5) is 22.7 Å². The van der Waals surface area contributed by atoms with Gasteiger partial charge in [0.2, 0.25) is 11.8 Å². The van der Waals surface area contributed by atoms with Crippen molar-refractivity contribution in [1.82, 2.24) is 5.32 Å². The van der Waals surface area contributed by atoms with Gasteiger partial charge in [-0.15, -0.1) is 0 Å². The highest BCUT2D eigenvalue weighted by molar-refractivity contribution is 6.10. The van der Waals surface area contributed by atoms with Crippen molar-refractivity contribution in [3.05, 3.63) is 137 Å². The molecule has 0 aliphatic rings. The molecule has 0 bridgehead atoms. The zero-order valence-corrected chi connectivity index (χ0v) is 31.8. The number of carboxylic acids is 1. The largest absolute Gasteiger partial charge is 0.504 e. The Balaban J connectivity index is 1.18. The molecule has 0 fully saturated rings. The van der Waals surface area contributed by atoms with E-state index in [0.29, 0.717) is 5.69 Å². The van der Waals surface area contributed by atoms with Crippen molar-refractivity contribution in [2.45, 2.75) is 12.5 Å². The second kappa shape index (κ2) is 19.5. The van der Waals surface area contributed by atoms with Gasteiger partial charge in [0.1, 0.15) is 11.6 Å². The Morgan fingerprint density at radius 1 is 0.650 bits per heavy atom. The second-order valence-electron chi connectivity index (χ2n) is 12.6. The number of hydrogen-bond donors (Lipinski definition) is 8. The van der Waals surface area contributed by atoms with E-state index in [0.717, 1.165) is 18.7 Å². The summed E-state index contributed by atoms with van der Waals surface area (Å²) in [7, 11) is 2.36. The van der Waals surface area contributed by atoms with Gasteiger partial charge in [0.15, 0.2) is 23.0 Å². The number of ether oxygens (including phenoxy) is 2. The molecule has 0 saturated carbocycles. The van der Waals surface area contributed by atoms with Crippen molar-refractivity contribution in [2.75, 3.05) is 35.5 Å². The van der Waals surface area contributed by atoms with Gasteiger partial charge in [0, 0.05) is 28.6 Å². The molecule has 0 saturated heterocycles. The number of phenolic OH excluding ortho intramolecular Hbond substituents is 1. The molecule has 0 spiro atoms. The Bertz CT molecular complexity index is 2520. The smallest absolute Gasteiger partial charge is 0.339 e. The van der Waals surface area contributed by atoms with E-state index in [4.69, 9.17) is 9.47 Å². The summed E-state index contributed by atoms with van der Waals surface area (Å²) in [5, 5.41) is 52.6. The molecule has 304 valence electrons. The van der Waals surface area contributed by atoms with Gasteiger partial charge in [-0.1, -0.05) is 30.3 Å². The Morgan fingerprint density at radius 3 is 1.72 bits per heavy atom. The van der Waals surface area contributed by atoms with Crippen LogP contribution in [-0.4, -0.2) is 71.1 Å². The monoisotopic (exact) mass is 812 g/mol. The molecule has 60 heavy (non-hydrogen) atoms. The van der Waals surface area contributed by atoms with Crippen molar-refractivity contribution < 1.29 is 53.6 Å². The summed E-state index contributed by atoms with van der Waals surface area (Å²) >= 11 is 0. The second-order valence-corrected chi connectivity index (χ2v) is 12.6. The average Bonchev–Trinajstić information content (AvgIpc) is 3.23. The van der Waals surface area contributed by atoms with Crippen LogP contribution < -0.4 is 36.1 Å². The van der Waals surface area contributed by atoms with Gasteiger partial charge < -0.3 is 51.4 Å². The number of hydrogen-bond acceptors (Lipinski definition) is 11. The molecule has 1 atom stereocenters. The molecule has 5 amide bonds. The first kappa shape index (κ1) is 42.5. The first-order chi connectivity index (χ1) is 28.8. The quantitative estimate of drug-likeness (QED) is 0.0599. The van der Waals surface area contributed by atoms with Crippen LogP contribution in [0, 0.1) is 11.3 Å². The van der Waals surface area contributed by atoms with Crippen LogP contribution in [0.2, 0.25) is 0 Å². The number of carbonyl (C=O) groups excluding carboxylic acids is 5. The highest BCUT2D eigenvalue weighted by Crippen LogP contribution is 2.40. The topological polar surface area (TPSA) is 266 Å². The number of aromatic hydroxyl groups is 2. The number of carboxylic acid groups (broad SMARTS) is 1. The summed E-state index contributed by atoms with van der Waals surface area (Å²) < 4.78 is 10.3. The van der Waals surface area contributed by atoms with Gasteiger partial charge in [-0.3, -0.25) is 24.0 Å². The Labute approximate surface area is 341 Å². The maximum Gasteiger partial charge on any atom is 0.339 e. The van der Waals surface area contributed by atoms with Crippen molar-refractivity contribution in [1.29, 1.82) is 5.26 Å². The van der Waals surface area contributed by atoms with E-state index in [1.807, 2.05) is 36.4 Å². The first-order valence-corrected chi connectivity index (χ1v) is 17.7. The normalized spacial score (nSPS) is 11.0. The number of carbonyl (C=O) groups is 6. The predicted molar refractivity (Wildman–Crippen MR) is 219 cm³/mol. The van der Waals surface area contributed by atoms with Crippen LogP contribution in [0.1, 0.15) is 53.4 Å². The molecule has 0 aromatic heterocycles. The molecule has 0 aliphatic carbocycles. The molecule has 8 N–H and O–H groups in total. The van der Waals surface area contributed by atoms with Crippen LogP contribution >= 0.6 is 0 Å². The lowest BCUT2D eigenvalue weighted by Crippen LogP contribution is -2.43. The summed E-state index contributed by atoms with van der Waals surface area (Å²) in [6, 6.07) is 26.2. The number of rotatable bonds is 15. The molecule has 0 heterocycles.